The van der Waals surface area contributed by atoms with E-state index in [4.69, 9.17) is 9.72 Å². The van der Waals surface area contributed by atoms with Crippen LogP contribution in [0, 0.1) is 5.92 Å². The molecule has 0 aromatic carbocycles. The Morgan fingerprint density at radius 2 is 2.05 bits per heavy atom. The summed E-state index contributed by atoms with van der Waals surface area (Å²) in [5, 5.41) is 1.10. The van der Waals surface area contributed by atoms with Crippen molar-refractivity contribution in [2.24, 2.45) is 5.92 Å². The molecule has 0 atom stereocenters. The summed E-state index contributed by atoms with van der Waals surface area (Å²) in [5.41, 5.74) is 0. The molecule has 1 aliphatic carbocycles. The number of rotatable bonds is 5. The van der Waals surface area contributed by atoms with Crippen molar-refractivity contribution >= 4 is 16.7 Å². The lowest BCUT2D eigenvalue weighted by Crippen LogP contribution is -2.35. The van der Waals surface area contributed by atoms with E-state index in [2.05, 4.69) is 14.3 Å². The molecule has 5 nitrogen and oxygen atoms in total. The topological polar surface area (TPSA) is 51.1 Å². The highest BCUT2D eigenvalue weighted by atomic mass is 32.1. The Labute approximate surface area is 134 Å². The monoisotopic (exact) mass is 316 g/mol. The van der Waals surface area contributed by atoms with Gasteiger partial charge in [0.05, 0.1) is 6.61 Å². The third-order valence-electron chi connectivity index (χ3n) is 4.36. The summed E-state index contributed by atoms with van der Waals surface area (Å²) in [5.74, 6) is 3.05. The Morgan fingerprint density at radius 3 is 2.77 bits per heavy atom. The van der Waals surface area contributed by atoms with Gasteiger partial charge in [0.25, 0.3) is 0 Å². The van der Waals surface area contributed by atoms with Gasteiger partial charge in [-0.3, -0.25) is 0 Å². The molecule has 1 saturated carbocycles. The number of pyridine rings is 1. The molecule has 0 unspecified atom stereocenters. The molecule has 4 rings (SSSR count). The minimum atomic E-state index is 0.606. The van der Waals surface area contributed by atoms with Crippen molar-refractivity contribution in [2.45, 2.75) is 31.6 Å². The normalized spacial score (nSPS) is 19.4. The number of piperidine rings is 1. The summed E-state index contributed by atoms with van der Waals surface area (Å²) in [4.78, 5) is 11.3. The Morgan fingerprint density at radius 1 is 1.18 bits per heavy atom. The number of aromatic nitrogens is 3. The molecule has 0 radical (unpaired) electrons. The fourth-order valence-corrected chi connectivity index (χ4v) is 3.59. The Kier molecular flexibility index (Phi) is 3.93. The summed E-state index contributed by atoms with van der Waals surface area (Å²) in [7, 11) is 0. The van der Waals surface area contributed by atoms with Crippen LogP contribution in [0.15, 0.2) is 24.4 Å². The van der Waals surface area contributed by atoms with Crippen molar-refractivity contribution in [3.63, 3.8) is 0 Å². The zero-order chi connectivity index (χ0) is 14.8. The van der Waals surface area contributed by atoms with Crippen molar-refractivity contribution in [3.05, 3.63) is 30.2 Å². The van der Waals surface area contributed by atoms with Gasteiger partial charge >= 0.3 is 0 Å². The lowest BCUT2D eigenvalue weighted by Gasteiger charge is -2.31. The molecule has 1 aliphatic heterocycles. The summed E-state index contributed by atoms with van der Waals surface area (Å²) in [6, 6.07) is 5.77. The van der Waals surface area contributed by atoms with Gasteiger partial charge in [-0.2, -0.15) is 4.37 Å². The maximum absolute atomic E-state index is 5.78. The first kappa shape index (κ1) is 13.9. The predicted molar refractivity (Wildman–Crippen MR) is 86.6 cm³/mol. The smallest absolute Gasteiger partial charge is 0.213 e. The minimum Gasteiger partial charge on any atom is -0.477 e. The zero-order valence-electron chi connectivity index (χ0n) is 12.5. The van der Waals surface area contributed by atoms with Crippen LogP contribution in [0.2, 0.25) is 0 Å². The third kappa shape index (κ3) is 3.21. The van der Waals surface area contributed by atoms with Crippen LogP contribution in [0.5, 0.6) is 5.88 Å². The quantitative estimate of drug-likeness (QED) is 0.848. The van der Waals surface area contributed by atoms with Gasteiger partial charge in [0.1, 0.15) is 5.82 Å². The fourth-order valence-electron chi connectivity index (χ4n) is 2.79. The van der Waals surface area contributed by atoms with Crippen LogP contribution in [-0.2, 0) is 0 Å². The van der Waals surface area contributed by atoms with Crippen molar-refractivity contribution in [1.82, 2.24) is 14.3 Å². The van der Waals surface area contributed by atoms with Gasteiger partial charge in [-0.1, -0.05) is 6.07 Å². The zero-order valence-corrected chi connectivity index (χ0v) is 13.3. The summed E-state index contributed by atoms with van der Waals surface area (Å²) < 4.78 is 10.3. The first-order valence-corrected chi connectivity index (χ1v) is 8.78. The van der Waals surface area contributed by atoms with Gasteiger partial charge in [0, 0.05) is 42.8 Å². The largest absolute Gasteiger partial charge is 0.477 e. The van der Waals surface area contributed by atoms with Crippen molar-refractivity contribution in [1.29, 1.82) is 0 Å². The minimum absolute atomic E-state index is 0.606. The van der Waals surface area contributed by atoms with E-state index in [-0.39, 0.29) is 0 Å². The fraction of sp³-hybridized carbons (Fsp3) is 0.562. The molecular weight excluding hydrogens is 296 g/mol. The third-order valence-corrected chi connectivity index (χ3v) is 5.15. The summed E-state index contributed by atoms with van der Waals surface area (Å²) >= 11 is 1.56. The van der Waals surface area contributed by atoms with E-state index in [1.807, 2.05) is 18.2 Å². The molecule has 2 aliphatic rings. The highest BCUT2D eigenvalue weighted by Gasteiger charge is 2.29. The van der Waals surface area contributed by atoms with Crippen molar-refractivity contribution in [3.8, 4) is 5.88 Å². The van der Waals surface area contributed by atoms with E-state index in [1.165, 1.54) is 12.8 Å². The van der Waals surface area contributed by atoms with Crippen molar-refractivity contribution < 1.29 is 4.74 Å². The lowest BCUT2D eigenvalue weighted by molar-refractivity contribution is 0.216. The Balaban J connectivity index is 1.26. The highest BCUT2D eigenvalue weighted by molar-refractivity contribution is 7.09. The molecule has 0 spiro atoms. The van der Waals surface area contributed by atoms with Crippen LogP contribution in [0.3, 0.4) is 0 Å². The first-order chi connectivity index (χ1) is 10.9. The average Bonchev–Trinajstić information content (AvgIpc) is 3.32. The van der Waals surface area contributed by atoms with E-state index in [0.29, 0.717) is 11.8 Å². The van der Waals surface area contributed by atoms with Crippen LogP contribution in [0.1, 0.15) is 37.4 Å². The standard InChI is InChI=1S/C16H20N4OS/c1-2-8-17-14(3-1)21-11-12-6-9-20(10-7-12)16-18-15(19-22-16)13-4-5-13/h1-3,8,12-13H,4-7,9-11H2. The number of nitrogens with zero attached hydrogens (tertiary/aromatic N) is 4. The SMILES string of the molecule is c1ccc(OCC2CCN(c3nc(C4CC4)ns3)CC2)nc1. The summed E-state index contributed by atoms with van der Waals surface area (Å²) in [6.45, 7) is 2.86. The van der Waals surface area contributed by atoms with E-state index in [0.717, 1.165) is 49.4 Å². The molecule has 2 aromatic rings. The van der Waals surface area contributed by atoms with Gasteiger partial charge < -0.3 is 9.64 Å². The van der Waals surface area contributed by atoms with E-state index in [1.54, 1.807) is 17.7 Å². The van der Waals surface area contributed by atoms with Gasteiger partial charge in [-0.25, -0.2) is 9.97 Å². The molecule has 6 heteroatoms. The second-order valence-electron chi connectivity index (χ2n) is 6.12. The lowest BCUT2D eigenvalue weighted by atomic mass is 9.98. The van der Waals surface area contributed by atoms with E-state index in [9.17, 15) is 0 Å². The van der Waals surface area contributed by atoms with Gasteiger partial charge in [0.15, 0.2) is 0 Å². The summed E-state index contributed by atoms with van der Waals surface area (Å²) in [6.07, 6.45) is 6.59. The maximum atomic E-state index is 5.78. The molecule has 0 amide bonds. The van der Waals surface area contributed by atoms with Crippen LogP contribution in [0.4, 0.5) is 5.13 Å². The Bertz CT molecular complexity index is 606. The van der Waals surface area contributed by atoms with E-state index >= 15 is 0 Å². The second kappa shape index (κ2) is 6.20. The molecule has 0 N–H and O–H groups in total. The van der Waals surface area contributed by atoms with Crippen LogP contribution in [-0.4, -0.2) is 34.0 Å². The van der Waals surface area contributed by atoms with Crippen LogP contribution < -0.4 is 9.64 Å². The van der Waals surface area contributed by atoms with Gasteiger partial charge in [0.2, 0.25) is 11.0 Å². The molecule has 2 fully saturated rings. The number of ether oxygens (including phenoxy) is 1. The molecule has 22 heavy (non-hydrogen) atoms. The average molecular weight is 316 g/mol. The molecule has 116 valence electrons. The second-order valence-corrected chi connectivity index (χ2v) is 6.85. The number of hydrogen-bond acceptors (Lipinski definition) is 6. The van der Waals surface area contributed by atoms with Crippen LogP contribution >= 0.6 is 11.5 Å². The number of hydrogen-bond donors (Lipinski definition) is 0. The molecule has 0 bridgehead atoms. The molecular formula is C16H20N4OS. The predicted octanol–water partition coefficient (Wildman–Crippen LogP) is 3.11. The highest BCUT2D eigenvalue weighted by Crippen LogP contribution is 2.40. The number of anilines is 1. The Hall–Kier alpha value is -1.69. The van der Waals surface area contributed by atoms with Crippen molar-refractivity contribution in [2.75, 3.05) is 24.6 Å². The molecule has 3 heterocycles. The van der Waals surface area contributed by atoms with Crippen LogP contribution in [0.25, 0.3) is 0 Å². The van der Waals surface area contributed by atoms with Gasteiger partial charge in [-0.15, -0.1) is 0 Å². The van der Waals surface area contributed by atoms with E-state index < -0.39 is 0 Å². The first-order valence-electron chi connectivity index (χ1n) is 8.01. The molecule has 2 aromatic heterocycles. The van der Waals surface area contributed by atoms with Gasteiger partial charge in [-0.05, 0) is 37.7 Å². The maximum Gasteiger partial charge on any atom is 0.213 e. The molecule has 1 saturated heterocycles.